The van der Waals surface area contributed by atoms with Crippen molar-refractivity contribution in [3.63, 3.8) is 0 Å². The van der Waals surface area contributed by atoms with Crippen LogP contribution < -0.4 is 4.74 Å². The van der Waals surface area contributed by atoms with E-state index < -0.39 is 6.36 Å². The largest absolute Gasteiger partial charge is 0.573 e. The van der Waals surface area contributed by atoms with Crippen LogP contribution in [-0.2, 0) is 13.0 Å². The molecule has 0 bridgehead atoms. The molecule has 148 valence electrons. The van der Waals surface area contributed by atoms with Crippen molar-refractivity contribution in [2.45, 2.75) is 26.3 Å². The fraction of sp³-hybridized carbons (Fsp3) is 0.167. The predicted octanol–water partition coefficient (Wildman–Crippen LogP) is 6.82. The zero-order valence-electron chi connectivity index (χ0n) is 15.9. The van der Waals surface area contributed by atoms with E-state index in [0.717, 1.165) is 35.0 Å². The number of alkyl halides is 3. The van der Waals surface area contributed by atoms with Gasteiger partial charge in [0.25, 0.3) is 0 Å². The van der Waals surface area contributed by atoms with E-state index in [1.807, 2.05) is 30.3 Å². The number of hydrogen-bond donors (Lipinski definition) is 0. The summed E-state index contributed by atoms with van der Waals surface area (Å²) in [6.45, 7) is 2.90. The summed E-state index contributed by atoms with van der Waals surface area (Å²) in [4.78, 5) is 0. The minimum atomic E-state index is -4.69. The van der Waals surface area contributed by atoms with E-state index in [-0.39, 0.29) is 5.75 Å². The van der Waals surface area contributed by atoms with E-state index in [4.69, 9.17) is 0 Å². The summed E-state index contributed by atoms with van der Waals surface area (Å²) >= 11 is 0. The maximum absolute atomic E-state index is 12.4. The number of ether oxygens (including phenoxy) is 1. The Hall–Kier alpha value is -3.21. The normalized spacial score (nSPS) is 11.7. The summed E-state index contributed by atoms with van der Waals surface area (Å²) in [6, 6.07) is 24.5. The third-order valence-electron chi connectivity index (χ3n) is 4.98. The molecule has 1 aromatic heterocycles. The fourth-order valence-corrected chi connectivity index (χ4v) is 3.67. The molecule has 0 radical (unpaired) electrons. The van der Waals surface area contributed by atoms with Gasteiger partial charge in [-0.2, -0.15) is 0 Å². The molecular formula is C24H20F3NO. The zero-order chi connectivity index (χ0) is 20.4. The van der Waals surface area contributed by atoms with Gasteiger partial charge >= 0.3 is 6.36 Å². The molecule has 0 aliphatic rings. The van der Waals surface area contributed by atoms with Gasteiger partial charge in [0, 0.05) is 23.1 Å². The predicted molar refractivity (Wildman–Crippen MR) is 109 cm³/mol. The molecule has 3 aromatic carbocycles. The number of fused-ring (bicyclic) bond motifs is 1. The smallest absolute Gasteiger partial charge is 0.406 e. The van der Waals surface area contributed by atoms with Crippen LogP contribution >= 0.6 is 0 Å². The molecule has 4 rings (SSSR count). The number of benzene rings is 3. The Morgan fingerprint density at radius 1 is 0.862 bits per heavy atom. The number of aryl methyl sites for hydroxylation is 1. The Balaban J connectivity index is 1.75. The van der Waals surface area contributed by atoms with E-state index in [9.17, 15) is 13.2 Å². The molecule has 4 aromatic rings. The van der Waals surface area contributed by atoms with Gasteiger partial charge in [-0.15, -0.1) is 13.2 Å². The third-order valence-corrected chi connectivity index (χ3v) is 4.98. The second kappa shape index (κ2) is 7.66. The summed E-state index contributed by atoms with van der Waals surface area (Å²) in [7, 11) is 0. The zero-order valence-corrected chi connectivity index (χ0v) is 15.9. The van der Waals surface area contributed by atoms with Crippen molar-refractivity contribution in [3.8, 4) is 16.9 Å². The van der Waals surface area contributed by atoms with Gasteiger partial charge in [0.15, 0.2) is 0 Å². The molecule has 5 heteroatoms. The lowest BCUT2D eigenvalue weighted by atomic mass is 10.0. The molecule has 0 aliphatic carbocycles. The lowest BCUT2D eigenvalue weighted by Gasteiger charge is -2.11. The van der Waals surface area contributed by atoms with Gasteiger partial charge in [0.05, 0.1) is 0 Å². The van der Waals surface area contributed by atoms with Gasteiger partial charge in [0.2, 0.25) is 0 Å². The molecule has 0 atom stereocenters. The first-order chi connectivity index (χ1) is 13.9. The monoisotopic (exact) mass is 395 g/mol. The van der Waals surface area contributed by atoms with Gasteiger partial charge in [-0.25, -0.2) is 0 Å². The topological polar surface area (TPSA) is 14.2 Å². The fourth-order valence-electron chi connectivity index (χ4n) is 3.67. The molecule has 0 amide bonds. The first kappa shape index (κ1) is 19.1. The Bertz CT molecular complexity index is 1110. The van der Waals surface area contributed by atoms with Crippen LogP contribution in [0.5, 0.6) is 5.75 Å². The molecule has 0 saturated carbocycles. The Morgan fingerprint density at radius 3 is 2.24 bits per heavy atom. The highest BCUT2D eigenvalue weighted by Crippen LogP contribution is 2.33. The SMILES string of the molecule is CCc1cc2c(-c3ccc(OC(F)(F)F)cc3)cccc2n1Cc1ccccc1. The number of aromatic nitrogens is 1. The summed E-state index contributed by atoms with van der Waals surface area (Å²) in [5.74, 6) is -0.218. The Labute approximate surface area is 167 Å². The minimum absolute atomic E-state index is 0.218. The average Bonchev–Trinajstić information content (AvgIpc) is 3.06. The Kier molecular flexibility index (Phi) is 5.05. The van der Waals surface area contributed by atoms with Gasteiger partial charge < -0.3 is 9.30 Å². The molecule has 0 N–H and O–H groups in total. The quantitative estimate of drug-likeness (QED) is 0.362. The maximum Gasteiger partial charge on any atom is 0.573 e. The van der Waals surface area contributed by atoms with Crippen molar-refractivity contribution in [3.05, 3.63) is 90.1 Å². The maximum atomic E-state index is 12.4. The van der Waals surface area contributed by atoms with Crippen LogP contribution in [0.3, 0.4) is 0 Å². The van der Waals surface area contributed by atoms with Crippen molar-refractivity contribution in [2.24, 2.45) is 0 Å². The van der Waals surface area contributed by atoms with E-state index >= 15 is 0 Å². The van der Waals surface area contributed by atoms with Crippen LogP contribution in [0.4, 0.5) is 13.2 Å². The molecule has 0 spiro atoms. The van der Waals surface area contributed by atoms with Gasteiger partial charge in [-0.1, -0.05) is 61.5 Å². The summed E-state index contributed by atoms with van der Waals surface area (Å²) in [6.07, 6.45) is -3.80. The lowest BCUT2D eigenvalue weighted by Crippen LogP contribution is -2.16. The highest BCUT2D eigenvalue weighted by molar-refractivity contribution is 5.96. The molecule has 0 unspecified atom stereocenters. The van der Waals surface area contributed by atoms with E-state index in [0.29, 0.717) is 0 Å². The van der Waals surface area contributed by atoms with Crippen molar-refractivity contribution < 1.29 is 17.9 Å². The molecule has 2 nitrogen and oxygen atoms in total. The molecule has 0 fully saturated rings. The molecule has 1 heterocycles. The van der Waals surface area contributed by atoms with E-state index in [1.165, 1.54) is 23.4 Å². The molecule has 29 heavy (non-hydrogen) atoms. The highest BCUT2D eigenvalue weighted by atomic mass is 19.4. The standard InChI is InChI=1S/C24H20F3NO/c1-2-19-15-22-21(18-11-13-20(14-12-18)29-24(25,26)27)9-6-10-23(22)28(19)16-17-7-4-3-5-8-17/h3-15H,2,16H2,1H3. The van der Waals surface area contributed by atoms with Crippen molar-refractivity contribution in [1.82, 2.24) is 4.57 Å². The van der Waals surface area contributed by atoms with Crippen molar-refractivity contribution in [2.75, 3.05) is 0 Å². The number of halogens is 3. The number of nitrogens with zero attached hydrogens (tertiary/aromatic N) is 1. The van der Waals surface area contributed by atoms with Crippen LogP contribution in [0, 0.1) is 0 Å². The second-order valence-corrected chi connectivity index (χ2v) is 6.87. The van der Waals surface area contributed by atoms with Crippen LogP contribution in [0.1, 0.15) is 18.2 Å². The lowest BCUT2D eigenvalue weighted by molar-refractivity contribution is -0.274. The summed E-state index contributed by atoms with van der Waals surface area (Å²) in [5, 5.41) is 1.09. The van der Waals surface area contributed by atoms with E-state index in [2.05, 4.69) is 40.5 Å². The van der Waals surface area contributed by atoms with Crippen LogP contribution in [0.15, 0.2) is 78.9 Å². The summed E-state index contributed by atoms with van der Waals surface area (Å²) in [5.41, 5.74) is 5.39. The third kappa shape index (κ3) is 4.14. The van der Waals surface area contributed by atoms with E-state index in [1.54, 1.807) is 12.1 Å². The van der Waals surface area contributed by atoms with Gasteiger partial charge in [-0.3, -0.25) is 0 Å². The van der Waals surface area contributed by atoms with Gasteiger partial charge in [0.1, 0.15) is 5.75 Å². The van der Waals surface area contributed by atoms with Crippen LogP contribution in [-0.4, -0.2) is 10.9 Å². The highest BCUT2D eigenvalue weighted by Gasteiger charge is 2.31. The van der Waals surface area contributed by atoms with Crippen LogP contribution in [0.2, 0.25) is 0 Å². The molecule has 0 aliphatic heterocycles. The minimum Gasteiger partial charge on any atom is -0.406 e. The van der Waals surface area contributed by atoms with Gasteiger partial charge in [-0.05, 0) is 47.4 Å². The number of rotatable bonds is 5. The van der Waals surface area contributed by atoms with Crippen molar-refractivity contribution in [1.29, 1.82) is 0 Å². The number of hydrogen-bond acceptors (Lipinski definition) is 1. The first-order valence-corrected chi connectivity index (χ1v) is 9.46. The van der Waals surface area contributed by atoms with Crippen LogP contribution in [0.25, 0.3) is 22.0 Å². The Morgan fingerprint density at radius 2 is 1.59 bits per heavy atom. The first-order valence-electron chi connectivity index (χ1n) is 9.46. The average molecular weight is 395 g/mol. The van der Waals surface area contributed by atoms with Crippen molar-refractivity contribution >= 4 is 10.9 Å². The molecular weight excluding hydrogens is 375 g/mol. The molecule has 0 saturated heterocycles. The summed E-state index contributed by atoms with van der Waals surface area (Å²) < 4.78 is 43.5. The second-order valence-electron chi connectivity index (χ2n) is 6.87.